The van der Waals surface area contributed by atoms with Crippen LogP contribution in [0, 0.1) is 6.92 Å². The second-order valence-electron chi connectivity index (χ2n) is 9.91. The zero-order valence-electron chi connectivity index (χ0n) is 24.7. The molecule has 0 fully saturated rings. The highest BCUT2D eigenvalue weighted by Crippen LogP contribution is 2.35. The third kappa shape index (κ3) is 6.33. The normalized spacial score (nSPS) is 12.1. The van der Waals surface area contributed by atoms with Crippen LogP contribution in [-0.4, -0.2) is 48.8 Å². The largest absolute Gasteiger partial charge is 0.496 e. The lowest BCUT2D eigenvalue weighted by molar-refractivity contribution is -0.147. The van der Waals surface area contributed by atoms with Gasteiger partial charge >= 0.3 is 5.97 Å². The molecule has 9 nitrogen and oxygen atoms in total. The van der Waals surface area contributed by atoms with Crippen molar-refractivity contribution in [2.75, 3.05) is 20.8 Å². The van der Waals surface area contributed by atoms with Crippen molar-refractivity contribution in [2.45, 2.75) is 46.6 Å². The lowest BCUT2D eigenvalue weighted by Crippen LogP contribution is -2.25. The van der Waals surface area contributed by atoms with E-state index in [1.807, 2.05) is 38.1 Å². The average Bonchev–Trinajstić information content (AvgIpc) is 2.97. The molecule has 0 saturated heterocycles. The van der Waals surface area contributed by atoms with E-state index in [1.54, 1.807) is 44.5 Å². The van der Waals surface area contributed by atoms with Crippen molar-refractivity contribution in [1.29, 1.82) is 0 Å². The number of halogens is 1. The average molecular weight is 637 g/mol. The van der Waals surface area contributed by atoms with E-state index in [2.05, 4.69) is 34.9 Å². The van der Waals surface area contributed by atoms with Gasteiger partial charge in [-0.3, -0.25) is 4.79 Å². The third-order valence-corrected chi connectivity index (χ3v) is 7.39. The molecule has 10 heteroatoms. The highest BCUT2D eigenvalue weighted by atomic mass is 79.9. The van der Waals surface area contributed by atoms with Crippen LogP contribution in [0.25, 0.3) is 22.3 Å². The van der Waals surface area contributed by atoms with E-state index in [0.717, 1.165) is 22.4 Å². The van der Waals surface area contributed by atoms with Crippen molar-refractivity contribution < 1.29 is 23.7 Å². The summed E-state index contributed by atoms with van der Waals surface area (Å²) in [7, 11) is 2.95. The first-order valence-corrected chi connectivity index (χ1v) is 14.3. The maximum atomic E-state index is 13.8. The van der Waals surface area contributed by atoms with E-state index < -0.39 is 12.1 Å². The Morgan fingerprint density at radius 1 is 1.07 bits per heavy atom. The predicted octanol–water partition coefficient (Wildman–Crippen LogP) is 6.49. The van der Waals surface area contributed by atoms with Crippen LogP contribution in [0.4, 0.5) is 0 Å². The summed E-state index contributed by atoms with van der Waals surface area (Å²) in [5, 5.41) is 5.09. The number of hydrogen-bond donors (Lipinski definition) is 0. The van der Waals surface area contributed by atoms with Gasteiger partial charge in [0.05, 0.1) is 37.9 Å². The van der Waals surface area contributed by atoms with Crippen molar-refractivity contribution in [3.05, 3.63) is 80.0 Å². The minimum Gasteiger partial charge on any atom is -0.496 e. The Morgan fingerprint density at radius 2 is 1.81 bits per heavy atom. The van der Waals surface area contributed by atoms with Gasteiger partial charge in [0.25, 0.3) is 5.56 Å². The maximum Gasteiger partial charge on any atom is 0.346 e. The van der Waals surface area contributed by atoms with Gasteiger partial charge in [0.1, 0.15) is 5.75 Å². The highest BCUT2D eigenvalue weighted by molar-refractivity contribution is 9.10. The lowest BCUT2D eigenvalue weighted by atomic mass is 9.96. The number of fused-ring (bicyclic) bond motifs is 1. The molecule has 220 valence electrons. The minimum absolute atomic E-state index is 0.180. The second kappa shape index (κ2) is 13.2. The Bertz CT molecular complexity index is 1710. The van der Waals surface area contributed by atoms with E-state index in [4.69, 9.17) is 23.9 Å². The van der Waals surface area contributed by atoms with Crippen molar-refractivity contribution in [2.24, 2.45) is 5.10 Å². The number of aryl methyl sites for hydroxylation is 1. The molecule has 0 unspecified atom stereocenters. The van der Waals surface area contributed by atoms with Crippen LogP contribution < -0.4 is 19.8 Å². The molecule has 42 heavy (non-hydrogen) atoms. The quantitative estimate of drug-likeness (QED) is 0.145. The van der Waals surface area contributed by atoms with Gasteiger partial charge in [-0.25, -0.2) is 9.78 Å². The van der Waals surface area contributed by atoms with Gasteiger partial charge in [-0.05, 0) is 90.1 Å². The van der Waals surface area contributed by atoms with Gasteiger partial charge in [-0.2, -0.15) is 9.78 Å². The zero-order chi connectivity index (χ0) is 30.6. The molecule has 1 atom stereocenters. The Kier molecular flexibility index (Phi) is 9.67. The molecular formula is C32H34BrN3O6. The Balaban J connectivity index is 1.89. The number of aromatic nitrogens is 2. The van der Waals surface area contributed by atoms with Crippen LogP contribution in [0.2, 0.25) is 0 Å². The fourth-order valence-electron chi connectivity index (χ4n) is 4.51. The lowest BCUT2D eigenvalue weighted by Gasteiger charge is -2.18. The molecule has 4 rings (SSSR count). The fourth-order valence-corrected chi connectivity index (χ4v) is 4.93. The first-order chi connectivity index (χ1) is 20.1. The van der Waals surface area contributed by atoms with Gasteiger partial charge < -0.3 is 18.9 Å². The number of benzene rings is 3. The number of rotatable bonds is 10. The summed E-state index contributed by atoms with van der Waals surface area (Å²) in [4.78, 5) is 30.6. The molecule has 0 amide bonds. The van der Waals surface area contributed by atoms with E-state index in [-0.39, 0.29) is 11.5 Å². The second-order valence-corrected chi connectivity index (χ2v) is 10.8. The standard InChI is InChI=1S/C32H34BrN3O6/c1-8-41-28-14-21(25(33)16-29(28)42-20(5)32(38)40-7)17-34-36-30(35-26-12-10-9-11-22(26)31(36)37)24-15-23(18(2)3)27(39-6)13-19(24)4/h9-18,20H,8H2,1-7H3/t20-/m1/s1. The van der Waals surface area contributed by atoms with Gasteiger partial charge in [-0.1, -0.05) is 26.0 Å². The molecule has 0 aliphatic heterocycles. The van der Waals surface area contributed by atoms with Crippen molar-refractivity contribution in [1.82, 2.24) is 9.66 Å². The summed E-state index contributed by atoms with van der Waals surface area (Å²) in [5.74, 6) is 1.63. The van der Waals surface area contributed by atoms with Crippen LogP contribution in [0.5, 0.6) is 17.2 Å². The van der Waals surface area contributed by atoms with Crippen LogP contribution in [0.1, 0.15) is 50.3 Å². The molecule has 0 aliphatic rings. The van der Waals surface area contributed by atoms with E-state index >= 15 is 0 Å². The van der Waals surface area contributed by atoms with E-state index in [1.165, 1.54) is 11.8 Å². The Labute approximate surface area is 253 Å². The molecule has 0 saturated carbocycles. The summed E-state index contributed by atoms with van der Waals surface area (Å²) in [5.41, 5.74) is 3.55. The number of methoxy groups -OCH3 is 2. The molecule has 0 N–H and O–H groups in total. The number of esters is 1. The van der Waals surface area contributed by atoms with Crippen molar-refractivity contribution in [3.8, 4) is 28.6 Å². The number of hydrogen-bond acceptors (Lipinski definition) is 8. The zero-order valence-corrected chi connectivity index (χ0v) is 26.3. The fraction of sp³-hybridized carbons (Fsp3) is 0.312. The number of carbonyl (C=O) groups excluding carboxylic acids is 1. The third-order valence-electron chi connectivity index (χ3n) is 6.71. The summed E-state index contributed by atoms with van der Waals surface area (Å²) in [6.45, 7) is 9.94. The molecule has 3 aromatic carbocycles. The van der Waals surface area contributed by atoms with Crippen molar-refractivity contribution in [3.63, 3.8) is 0 Å². The summed E-state index contributed by atoms with van der Waals surface area (Å²) in [6, 6.07) is 14.6. The van der Waals surface area contributed by atoms with Crippen LogP contribution in [-0.2, 0) is 9.53 Å². The maximum absolute atomic E-state index is 13.8. The number of nitrogens with zero attached hydrogens (tertiary/aromatic N) is 3. The molecular weight excluding hydrogens is 602 g/mol. The SMILES string of the molecule is CCOc1cc(C=Nn2c(-c3cc(C(C)C)c(OC)cc3C)nc3ccccc3c2=O)c(Br)cc1O[C@H](C)C(=O)OC. The van der Waals surface area contributed by atoms with Gasteiger partial charge in [-0.15, -0.1) is 0 Å². The first kappa shape index (κ1) is 30.8. The highest BCUT2D eigenvalue weighted by Gasteiger charge is 2.20. The minimum atomic E-state index is -0.839. The van der Waals surface area contributed by atoms with E-state index in [9.17, 15) is 9.59 Å². The van der Waals surface area contributed by atoms with E-state index in [0.29, 0.717) is 44.9 Å². The molecule has 0 bridgehead atoms. The smallest absolute Gasteiger partial charge is 0.346 e. The van der Waals surface area contributed by atoms with Crippen LogP contribution in [0.15, 0.2) is 62.9 Å². The Hall–Kier alpha value is -4.18. The molecule has 4 aromatic rings. The van der Waals surface area contributed by atoms with Gasteiger partial charge in [0.2, 0.25) is 0 Å². The van der Waals surface area contributed by atoms with Gasteiger partial charge in [0.15, 0.2) is 23.4 Å². The monoisotopic (exact) mass is 635 g/mol. The predicted molar refractivity (Wildman–Crippen MR) is 167 cm³/mol. The molecule has 0 spiro atoms. The molecule has 0 aliphatic carbocycles. The molecule has 1 aromatic heterocycles. The molecule has 1 heterocycles. The summed E-state index contributed by atoms with van der Waals surface area (Å²) < 4.78 is 23.9. The Morgan fingerprint density at radius 3 is 2.48 bits per heavy atom. The first-order valence-electron chi connectivity index (χ1n) is 13.5. The molecule has 0 radical (unpaired) electrons. The summed E-state index contributed by atoms with van der Waals surface area (Å²) >= 11 is 3.56. The number of carbonyl (C=O) groups is 1. The van der Waals surface area contributed by atoms with Crippen LogP contribution in [0.3, 0.4) is 0 Å². The van der Waals surface area contributed by atoms with Crippen LogP contribution >= 0.6 is 15.9 Å². The number of para-hydroxylation sites is 1. The number of ether oxygens (including phenoxy) is 4. The topological polar surface area (TPSA) is 101 Å². The van der Waals surface area contributed by atoms with Gasteiger partial charge in [0, 0.05) is 15.6 Å². The van der Waals surface area contributed by atoms with Crippen molar-refractivity contribution >= 4 is 39.0 Å². The summed E-state index contributed by atoms with van der Waals surface area (Å²) in [6.07, 6.45) is 0.720.